The molecule has 0 atom stereocenters. The lowest BCUT2D eigenvalue weighted by atomic mass is 10.0. The quantitative estimate of drug-likeness (QED) is 0.0669. The molecule has 0 saturated carbocycles. The van der Waals surface area contributed by atoms with Gasteiger partial charge in [0.05, 0.1) is 21.3 Å². The van der Waals surface area contributed by atoms with Gasteiger partial charge in [-0.2, -0.15) is 0 Å². The summed E-state index contributed by atoms with van der Waals surface area (Å²) in [5, 5.41) is 0. The molecule has 37 heavy (non-hydrogen) atoms. The van der Waals surface area contributed by atoms with Crippen molar-refractivity contribution in [2.24, 2.45) is 0 Å². The van der Waals surface area contributed by atoms with Gasteiger partial charge in [0.15, 0.2) is 0 Å². The van der Waals surface area contributed by atoms with Gasteiger partial charge in [-0.1, -0.05) is 122 Å². The molecule has 6 heteroatoms. The van der Waals surface area contributed by atoms with Crippen LogP contribution in [0.25, 0.3) is 0 Å². The lowest BCUT2D eigenvalue weighted by Crippen LogP contribution is -1.99. The van der Waals surface area contributed by atoms with Gasteiger partial charge in [0, 0.05) is 19.3 Å². The molecule has 0 aromatic rings. The maximum absolute atomic E-state index is 10.9. The Hall–Kier alpha value is -1.59. The van der Waals surface area contributed by atoms with Crippen molar-refractivity contribution in [3.05, 3.63) is 0 Å². The second-order valence-corrected chi connectivity index (χ2v) is 10.0. The average Bonchev–Trinajstić information content (AvgIpc) is 2.92. The summed E-state index contributed by atoms with van der Waals surface area (Å²) in [6.45, 7) is 2.27. The van der Waals surface area contributed by atoms with Gasteiger partial charge in [-0.3, -0.25) is 14.4 Å². The van der Waals surface area contributed by atoms with Crippen LogP contribution in [-0.2, 0) is 28.6 Å². The smallest absolute Gasteiger partial charge is 0.305 e. The predicted octanol–water partition coefficient (Wildman–Crippen LogP) is 8.87. The fraction of sp³-hybridized carbons (Fsp3) is 0.903. The molecule has 0 unspecified atom stereocenters. The lowest BCUT2D eigenvalue weighted by Gasteiger charge is -2.03. The van der Waals surface area contributed by atoms with E-state index in [-0.39, 0.29) is 17.9 Å². The van der Waals surface area contributed by atoms with E-state index in [0.29, 0.717) is 19.3 Å². The third kappa shape index (κ3) is 34.4. The summed E-state index contributed by atoms with van der Waals surface area (Å²) in [5.41, 5.74) is 0. The van der Waals surface area contributed by atoms with Gasteiger partial charge in [-0.25, -0.2) is 0 Å². The van der Waals surface area contributed by atoms with Gasteiger partial charge in [0.25, 0.3) is 0 Å². The normalized spacial score (nSPS) is 10.4. The number of hydrogen-bond acceptors (Lipinski definition) is 6. The maximum atomic E-state index is 10.9. The maximum Gasteiger partial charge on any atom is 0.305 e. The van der Waals surface area contributed by atoms with Crippen LogP contribution in [0.2, 0.25) is 0 Å². The molecule has 0 aliphatic rings. The zero-order chi connectivity index (χ0) is 27.8. The van der Waals surface area contributed by atoms with Gasteiger partial charge in [-0.15, -0.1) is 0 Å². The molecule has 220 valence electrons. The molecule has 0 aromatic heterocycles. The molecular weight excluding hydrogens is 468 g/mol. The Kier molecular flexibility index (Phi) is 32.9. The minimum absolute atomic E-state index is 0.0666. The molecule has 0 aliphatic carbocycles. The fourth-order valence-electron chi connectivity index (χ4n) is 4.19. The molecular formula is C31H60O6. The zero-order valence-electron chi connectivity index (χ0n) is 24.9. The number of ether oxygens (including phenoxy) is 3. The van der Waals surface area contributed by atoms with E-state index >= 15 is 0 Å². The van der Waals surface area contributed by atoms with E-state index in [1.165, 1.54) is 124 Å². The first-order chi connectivity index (χ1) is 18.0. The highest BCUT2D eigenvalue weighted by molar-refractivity contribution is 5.69. The summed E-state index contributed by atoms with van der Waals surface area (Å²) >= 11 is 0. The summed E-state index contributed by atoms with van der Waals surface area (Å²) in [5.74, 6) is -0.293. The second-order valence-electron chi connectivity index (χ2n) is 10.0. The average molecular weight is 529 g/mol. The van der Waals surface area contributed by atoms with Crippen LogP contribution < -0.4 is 0 Å². The van der Waals surface area contributed by atoms with Gasteiger partial charge < -0.3 is 14.2 Å². The van der Waals surface area contributed by atoms with Crippen molar-refractivity contribution in [2.75, 3.05) is 21.3 Å². The van der Waals surface area contributed by atoms with Gasteiger partial charge >= 0.3 is 17.9 Å². The highest BCUT2D eigenvalue weighted by Crippen LogP contribution is 2.13. The van der Waals surface area contributed by atoms with Crippen molar-refractivity contribution < 1.29 is 28.6 Å². The van der Waals surface area contributed by atoms with Crippen LogP contribution >= 0.6 is 0 Å². The summed E-state index contributed by atoms with van der Waals surface area (Å²) in [6, 6.07) is 0. The summed E-state index contributed by atoms with van der Waals surface area (Å²) in [6.07, 6.45) is 27.9. The first-order valence-electron chi connectivity index (χ1n) is 15.2. The van der Waals surface area contributed by atoms with Crippen LogP contribution in [0.4, 0.5) is 0 Å². The van der Waals surface area contributed by atoms with E-state index in [4.69, 9.17) is 0 Å². The number of rotatable bonds is 25. The van der Waals surface area contributed by atoms with Crippen LogP contribution in [0.3, 0.4) is 0 Å². The highest BCUT2D eigenvalue weighted by atomic mass is 16.5. The SMILES string of the molecule is CCCCCCCCCCCCCCCC(=O)OC.COC(=O)CCCCCCCCCCC(=O)OC. The number of methoxy groups -OCH3 is 3. The van der Waals surface area contributed by atoms with Gasteiger partial charge in [0.1, 0.15) is 0 Å². The van der Waals surface area contributed by atoms with Crippen molar-refractivity contribution in [1.82, 2.24) is 0 Å². The van der Waals surface area contributed by atoms with E-state index in [1.54, 1.807) is 0 Å². The van der Waals surface area contributed by atoms with Crippen LogP contribution in [0.1, 0.15) is 161 Å². The topological polar surface area (TPSA) is 78.9 Å². The summed E-state index contributed by atoms with van der Waals surface area (Å²) in [7, 11) is 4.32. The standard InChI is InChI=1S/C17H34O2.C14H26O4/c1-3-4-5-6-7-8-9-10-11-12-13-14-15-16-17(18)19-2;1-17-13(15)11-9-7-5-3-4-6-8-10-12-14(16)18-2/h3-16H2,1-2H3;3-12H2,1-2H3. The van der Waals surface area contributed by atoms with Crippen molar-refractivity contribution in [1.29, 1.82) is 0 Å². The van der Waals surface area contributed by atoms with E-state index < -0.39 is 0 Å². The Morgan fingerprint density at radius 3 is 0.730 bits per heavy atom. The van der Waals surface area contributed by atoms with Crippen molar-refractivity contribution in [2.45, 2.75) is 161 Å². The van der Waals surface area contributed by atoms with Crippen LogP contribution in [0.15, 0.2) is 0 Å². The molecule has 0 N–H and O–H groups in total. The Morgan fingerprint density at radius 1 is 0.351 bits per heavy atom. The van der Waals surface area contributed by atoms with Crippen LogP contribution in [0.5, 0.6) is 0 Å². The number of carbonyl (C=O) groups excluding carboxylic acids is 3. The molecule has 0 rings (SSSR count). The number of unbranched alkanes of at least 4 members (excludes halogenated alkanes) is 19. The van der Waals surface area contributed by atoms with Crippen molar-refractivity contribution in [3.8, 4) is 0 Å². The van der Waals surface area contributed by atoms with Crippen molar-refractivity contribution >= 4 is 17.9 Å². The Bertz CT molecular complexity index is 482. The summed E-state index contributed by atoms with van der Waals surface area (Å²) < 4.78 is 13.8. The molecule has 6 nitrogen and oxygen atoms in total. The third-order valence-corrected chi connectivity index (χ3v) is 6.68. The minimum atomic E-state index is -0.113. The molecule has 0 amide bonds. The predicted molar refractivity (Wildman–Crippen MR) is 153 cm³/mol. The molecule has 0 bridgehead atoms. The van der Waals surface area contributed by atoms with Crippen LogP contribution in [0, 0.1) is 0 Å². The van der Waals surface area contributed by atoms with Gasteiger partial charge in [-0.05, 0) is 19.3 Å². The summed E-state index contributed by atoms with van der Waals surface area (Å²) in [4.78, 5) is 32.6. The van der Waals surface area contributed by atoms with E-state index in [9.17, 15) is 14.4 Å². The third-order valence-electron chi connectivity index (χ3n) is 6.68. The van der Waals surface area contributed by atoms with E-state index in [1.807, 2.05) is 0 Å². The monoisotopic (exact) mass is 528 g/mol. The second kappa shape index (κ2) is 32.4. The molecule has 0 fully saturated rings. The Balaban J connectivity index is 0. The molecule has 0 saturated heterocycles. The first-order valence-corrected chi connectivity index (χ1v) is 15.2. The van der Waals surface area contributed by atoms with Crippen LogP contribution in [-0.4, -0.2) is 39.2 Å². The first kappa shape index (κ1) is 37.6. The molecule has 0 spiro atoms. The number of carbonyl (C=O) groups is 3. The number of esters is 3. The van der Waals surface area contributed by atoms with Crippen molar-refractivity contribution in [3.63, 3.8) is 0 Å². The van der Waals surface area contributed by atoms with Gasteiger partial charge in [0.2, 0.25) is 0 Å². The Morgan fingerprint density at radius 2 is 0.541 bits per heavy atom. The van der Waals surface area contributed by atoms with E-state index in [0.717, 1.165) is 32.1 Å². The largest absolute Gasteiger partial charge is 0.469 e. The highest BCUT2D eigenvalue weighted by Gasteiger charge is 2.01. The molecule has 0 aliphatic heterocycles. The zero-order valence-corrected chi connectivity index (χ0v) is 24.9. The molecule has 0 aromatic carbocycles. The number of hydrogen-bond donors (Lipinski definition) is 0. The molecule has 0 heterocycles. The minimum Gasteiger partial charge on any atom is -0.469 e. The molecule has 0 radical (unpaired) electrons. The van der Waals surface area contributed by atoms with E-state index in [2.05, 4.69) is 21.1 Å². The Labute approximate surface area is 229 Å². The lowest BCUT2D eigenvalue weighted by molar-refractivity contribution is -0.141. The fourth-order valence-corrected chi connectivity index (χ4v) is 4.19.